The van der Waals surface area contributed by atoms with Crippen molar-refractivity contribution in [1.82, 2.24) is 4.98 Å². The first kappa shape index (κ1) is 15.0. The first-order chi connectivity index (χ1) is 11.2. The van der Waals surface area contributed by atoms with Crippen LogP contribution in [0.5, 0.6) is 16.6 Å². The molecule has 0 radical (unpaired) electrons. The van der Waals surface area contributed by atoms with E-state index in [9.17, 15) is 9.18 Å². The van der Waals surface area contributed by atoms with Crippen molar-refractivity contribution in [3.63, 3.8) is 0 Å². The summed E-state index contributed by atoms with van der Waals surface area (Å²) in [5.41, 5.74) is 0. The zero-order valence-corrected chi connectivity index (χ0v) is 12.5. The van der Waals surface area contributed by atoms with Crippen LogP contribution in [0.25, 0.3) is 0 Å². The molecule has 116 valence electrons. The summed E-state index contributed by atoms with van der Waals surface area (Å²) in [4.78, 5) is 15.8. The molecule has 0 fully saturated rings. The fraction of sp³-hybridized carbons (Fsp3) is 0. The van der Waals surface area contributed by atoms with Gasteiger partial charge in [-0.2, -0.15) is 0 Å². The predicted octanol–water partition coefficient (Wildman–Crippen LogP) is 4.69. The molecule has 7 heteroatoms. The molecule has 0 aliphatic carbocycles. The van der Waals surface area contributed by atoms with E-state index in [-0.39, 0.29) is 5.82 Å². The molecular formula is C16H11FN2O3S. The van der Waals surface area contributed by atoms with Crippen molar-refractivity contribution >= 4 is 22.6 Å². The molecule has 3 aromatic rings. The third-order valence-corrected chi connectivity index (χ3v) is 3.47. The van der Waals surface area contributed by atoms with Gasteiger partial charge in [0.05, 0.1) is 6.20 Å². The molecule has 0 saturated carbocycles. The van der Waals surface area contributed by atoms with Gasteiger partial charge < -0.3 is 9.47 Å². The third-order valence-electron chi connectivity index (χ3n) is 2.68. The van der Waals surface area contributed by atoms with Gasteiger partial charge in [0.1, 0.15) is 17.3 Å². The Kier molecular flexibility index (Phi) is 4.49. The Morgan fingerprint density at radius 2 is 1.78 bits per heavy atom. The summed E-state index contributed by atoms with van der Waals surface area (Å²) in [6.07, 6.45) is 0.825. The Morgan fingerprint density at radius 3 is 2.52 bits per heavy atom. The Hall–Kier alpha value is -2.93. The summed E-state index contributed by atoms with van der Waals surface area (Å²) in [6.45, 7) is 0. The Bertz CT molecular complexity index is 791. The number of nitrogens with one attached hydrogen (secondary N) is 1. The Balaban J connectivity index is 1.58. The van der Waals surface area contributed by atoms with Gasteiger partial charge in [0, 0.05) is 0 Å². The second-order valence-corrected chi connectivity index (χ2v) is 5.36. The molecule has 1 amide bonds. The summed E-state index contributed by atoms with van der Waals surface area (Å²) in [5.74, 6) is 0.575. The van der Waals surface area contributed by atoms with E-state index in [1.807, 2.05) is 6.07 Å². The van der Waals surface area contributed by atoms with Crippen molar-refractivity contribution in [1.29, 1.82) is 0 Å². The predicted molar refractivity (Wildman–Crippen MR) is 84.7 cm³/mol. The molecule has 23 heavy (non-hydrogen) atoms. The quantitative estimate of drug-likeness (QED) is 0.754. The summed E-state index contributed by atoms with van der Waals surface area (Å²) in [7, 11) is 0. The van der Waals surface area contributed by atoms with Crippen LogP contribution < -0.4 is 14.8 Å². The number of para-hydroxylation sites is 1. The molecule has 0 unspecified atom stereocenters. The summed E-state index contributed by atoms with van der Waals surface area (Å²) in [6, 6.07) is 14.3. The minimum Gasteiger partial charge on any atom is -0.445 e. The van der Waals surface area contributed by atoms with Crippen LogP contribution in [0.2, 0.25) is 0 Å². The lowest BCUT2D eigenvalue weighted by Crippen LogP contribution is -2.16. The number of rotatable bonds is 4. The van der Waals surface area contributed by atoms with Crippen LogP contribution in [-0.4, -0.2) is 11.1 Å². The third kappa shape index (κ3) is 4.27. The molecule has 0 aliphatic rings. The lowest BCUT2D eigenvalue weighted by atomic mass is 10.3. The summed E-state index contributed by atoms with van der Waals surface area (Å²) < 4.78 is 23.4. The number of anilines is 1. The van der Waals surface area contributed by atoms with Crippen LogP contribution in [0.1, 0.15) is 0 Å². The smallest absolute Gasteiger partial charge is 0.418 e. The van der Waals surface area contributed by atoms with E-state index in [2.05, 4.69) is 10.3 Å². The van der Waals surface area contributed by atoms with E-state index in [1.54, 1.807) is 24.3 Å². The second kappa shape index (κ2) is 6.89. The molecule has 2 aromatic carbocycles. The Morgan fingerprint density at radius 1 is 1.04 bits per heavy atom. The van der Waals surface area contributed by atoms with Gasteiger partial charge >= 0.3 is 6.09 Å². The molecule has 0 atom stereocenters. The molecule has 0 saturated heterocycles. The van der Waals surface area contributed by atoms with Crippen molar-refractivity contribution in [3.8, 4) is 16.6 Å². The standard InChI is InChI=1S/C16H11FN2O3S/c17-11-6-8-13(9-7-11)21-14-10-18-15(23-14)19-16(20)22-12-4-2-1-3-5-12/h1-10H,(H,18,19,20). The lowest BCUT2D eigenvalue weighted by molar-refractivity contribution is 0.215. The molecule has 0 bridgehead atoms. The SMILES string of the molecule is O=C(Nc1ncc(Oc2ccc(F)cc2)s1)Oc1ccccc1. The number of nitrogens with zero attached hydrogens (tertiary/aromatic N) is 1. The molecule has 1 N–H and O–H groups in total. The van der Waals surface area contributed by atoms with E-state index >= 15 is 0 Å². The van der Waals surface area contributed by atoms with Crippen LogP contribution in [0.3, 0.4) is 0 Å². The number of halogens is 1. The van der Waals surface area contributed by atoms with E-state index in [0.717, 1.165) is 11.3 Å². The molecule has 0 spiro atoms. The summed E-state index contributed by atoms with van der Waals surface area (Å²) >= 11 is 1.13. The van der Waals surface area contributed by atoms with Crippen LogP contribution in [0, 0.1) is 5.82 Å². The van der Waals surface area contributed by atoms with Gasteiger partial charge in [0.15, 0.2) is 5.13 Å². The van der Waals surface area contributed by atoms with Crippen LogP contribution in [-0.2, 0) is 0 Å². The summed E-state index contributed by atoms with van der Waals surface area (Å²) in [5, 5.41) is 3.31. The monoisotopic (exact) mass is 330 g/mol. The van der Waals surface area contributed by atoms with Crippen LogP contribution in [0.15, 0.2) is 60.8 Å². The minimum absolute atomic E-state index is 0.336. The van der Waals surface area contributed by atoms with Gasteiger partial charge in [0.25, 0.3) is 0 Å². The number of benzene rings is 2. The van der Waals surface area contributed by atoms with Crippen molar-refractivity contribution in [2.75, 3.05) is 5.32 Å². The largest absolute Gasteiger partial charge is 0.445 e. The van der Waals surface area contributed by atoms with Crippen LogP contribution >= 0.6 is 11.3 Å². The lowest BCUT2D eigenvalue weighted by Gasteiger charge is -2.03. The molecular weight excluding hydrogens is 319 g/mol. The van der Waals surface area contributed by atoms with Crippen molar-refractivity contribution in [2.45, 2.75) is 0 Å². The maximum absolute atomic E-state index is 12.8. The highest BCUT2D eigenvalue weighted by molar-refractivity contribution is 7.17. The highest BCUT2D eigenvalue weighted by Crippen LogP contribution is 2.30. The van der Waals surface area contributed by atoms with Crippen molar-refractivity contribution in [2.24, 2.45) is 0 Å². The maximum Gasteiger partial charge on any atom is 0.418 e. The average molecular weight is 330 g/mol. The fourth-order valence-corrected chi connectivity index (χ4v) is 2.37. The first-order valence-corrected chi connectivity index (χ1v) is 7.44. The van der Waals surface area contributed by atoms with Crippen LogP contribution in [0.4, 0.5) is 14.3 Å². The van der Waals surface area contributed by atoms with Gasteiger partial charge in [-0.3, -0.25) is 5.32 Å². The molecule has 5 nitrogen and oxygen atoms in total. The van der Waals surface area contributed by atoms with Gasteiger partial charge in [-0.05, 0) is 36.4 Å². The average Bonchev–Trinajstić information content (AvgIpc) is 2.97. The topological polar surface area (TPSA) is 60.5 Å². The van der Waals surface area contributed by atoms with E-state index in [1.165, 1.54) is 30.5 Å². The van der Waals surface area contributed by atoms with Crippen molar-refractivity contribution in [3.05, 3.63) is 66.6 Å². The van der Waals surface area contributed by atoms with Gasteiger partial charge in [-0.1, -0.05) is 29.5 Å². The number of hydrogen-bond acceptors (Lipinski definition) is 5. The van der Waals surface area contributed by atoms with E-state index in [4.69, 9.17) is 9.47 Å². The second-order valence-electron chi connectivity index (χ2n) is 4.37. The normalized spacial score (nSPS) is 10.1. The van der Waals surface area contributed by atoms with Gasteiger partial charge in [-0.25, -0.2) is 14.2 Å². The molecule has 0 aliphatic heterocycles. The van der Waals surface area contributed by atoms with E-state index < -0.39 is 6.09 Å². The number of hydrogen-bond donors (Lipinski definition) is 1. The van der Waals surface area contributed by atoms with Gasteiger partial charge in [-0.15, -0.1) is 0 Å². The highest BCUT2D eigenvalue weighted by atomic mass is 32.1. The van der Waals surface area contributed by atoms with Crippen molar-refractivity contribution < 1.29 is 18.7 Å². The first-order valence-electron chi connectivity index (χ1n) is 6.62. The molecule has 1 heterocycles. The minimum atomic E-state index is -0.640. The number of carbonyl (C=O) groups excluding carboxylic acids is 1. The number of aromatic nitrogens is 1. The number of amides is 1. The zero-order chi connectivity index (χ0) is 16.1. The zero-order valence-electron chi connectivity index (χ0n) is 11.7. The molecule has 1 aromatic heterocycles. The van der Waals surface area contributed by atoms with Gasteiger partial charge in [0.2, 0.25) is 5.06 Å². The van der Waals surface area contributed by atoms with E-state index in [0.29, 0.717) is 21.7 Å². The maximum atomic E-state index is 12.8. The number of ether oxygens (including phenoxy) is 2. The Labute approximate surface area is 135 Å². The fourth-order valence-electron chi connectivity index (χ4n) is 1.69. The molecule has 3 rings (SSSR count). The highest BCUT2D eigenvalue weighted by Gasteiger charge is 2.09. The number of carbonyl (C=O) groups is 1. The number of thiazole rings is 1.